The first-order valence-electron chi connectivity index (χ1n) is 7.40. The molecule has 2 rings (SSSR count). The zero-order chi connectivity index (χ0) is 15.1. The topological polar surface area (TPSA) is 58.6 Å². The highest BCUT2D eigenvalue weighted by Gasteiger charge is 2.15. The third-order valence-electron chi connectivity index (χ3n) is 3.71. The van der Waals surface area contributed by atoms with Crippen molar-refractivity contribution in [2.24, 2.45) is 0 Å². The molecule has 1 aromatic rings. The van der Waals surface area contributed by atoms with Crippen molar-refractivity contribution >= 4 is 17.6 Å². The second-order valence-corrected chi connectivity index (χ2v) is 5.24. The van der Waals surface area contributed by atoms with Crippen LogP contribution in [-0.2, 0) is 9.53 Å². The number of hydrogen-bond donors (Lipinski definition) is 1. The molecule has 0 bridgehead atoms. The molecule has 0 aliphatic carbocycles. The largest absolute Gasteiger partial charge is 0.465 e. The SMILES string of the molecule is COC(=O)c1ccccc1NC(=O)CCN1CCCCC1. The zero-order valence-electron chi connectivity index (χ0n) is 12.4. The van der Waals surface area contributed by atoms with Gasteiger partial charge in [-0.2, -0.15) is 0 Å². The molecule has 0 spiro atoms. The summed E-state index contributed by atoms with van der Waals surface area (Å²) in [6.45, 7) is 2.92. The molecule has 21 heavy (non-hydrogen) atoms. The smallest absolute Gasteiger partial charge is 0.339 e. The summed E-state index contributed by atoms with van der Waals surface area (Å²) in [5, 5.41) is 2.80. The fourth-order valence-corrected chi connectivity index (χ4v) is 2.54. The molecule has 0 radical (unpaired) electrons. The van der Waals surface area contributed by atoms with Crippen molar-refractivity contribution in [2.45, 2.75) is 25.7 Å². The van der Waals surface area contributed by atoms with Gasteiger partial charge in [0.1, 0.15) is 0 Å². The van der Waals surface area contributed by atoms with Gasteiger partial charge in [-0.05, 0) is 38.1 Å². The highest BCUT2D eigenvalue weighted by atomic mass is 16.5. The predicted molar refractivity (Wildman–Crippen MR) is 81.3 cm³/mol. The molecule has 1 saturated heterocycles. The van der Waals surface area contributed by atoms with Crippen molar-refractivity contribution in [3.63, 3.8) is 0 Å². The molecule has 0 aromatic heterocycles. The van der Waals surface area contributed by atoms with Crippen LogP contribution in [0.25, 0.3) is 0 Å². The summed E-state index contributed by atoms with van der Waals surface area (Å²) in [5.74, 6) is -0.515. The van der Waals surface area contributed by atoms with Gasteiger partial charge in [-0.3, -0.25) is 4.79 Å². The van der Waals surface area contributed by atoms with Crippen LogP contribution in [-0.4, -0.2) is 43.5 Å². The van der Waals surface area contributed by atoms with Crippen LogP contribution in [0.15, 0.2) is 24.3 Å². The standard InChI is InChI=1S/C16H22N2O3/c1-21-16(20)13-7-3-4-8-14(13)17-15(19)9-12-18-10-5-2-6-11-18/h3-4,7-8H,2,5-6,9-12H2,1H3,(H,17,19). The maximum atomic E-state index is 12.0. The van der Waals surface area contributed by atoms with Crippen molar-refractivity contribution in [1.82, 2.24) is 4.90 Å². The molecule has 1 heterocycles. The molecule has 5 nitrogen and oxygen atoms in total. The second-order valence-electron chi connectivity index (χ2n) is 5.24. The van der Waals surface area contributed by atoms with E-state index in [2.05, 4.69) is 10.2 Å². The molecule has 1 aliphatic rings. The van der Waals surface area contributed by atoms with Gasteiger partial charge in [-0.1, -0.05) is 18.6 Å². The van der Waals surface area contributed by atoms with Crippen molar-refractivity contribution in [3.05, 3.63) is 29.8 Å². The molecule has 1 amide bonds. The van der Waals surface area contributed by atoms with Crippen LogP contribution in [0.3, 0.4) is 0 Å². The molecule has 0 atom stereocenters. The van der Waals surface area contributed by atoms with Crippen molar-refractivity contribution in [3.8, 4) is 0 Å². The van der Waals surface area contributed by atoms with Crippen LogP contribution in [0.4, 0.5) is 5.69 Å². The second kappa shape index (κ2) is 7.78. The average molecular weight is 290 g/mol. The monoisotopic (exact) mass is 290 g/mol. The Kier molecular flexibility index (Phi) is 5.75. The maximum absolute atomic E-state index is 12.0. The van der Waals surface area contributed by atoms with Crippen molar-refractivity contribution < 1.29 is 14.3 Å². The number of carbonyl (C=O) groups is 2. The molecular formula is C16H22N2O3. The van der Waals surface area contributed by atoms with E-state index in [0.29, 0.717) is 17.7 Å². The lowest BCUT2D eigenvalue weighted by Crippen LogP contribution is -2.32. The van der Waals surface area contributed by atoms with Gasteiger partial charge < -0.3 is 15.0 Å². The van der Waals surface area contributed by atoms with Crippen molar-refractivity contribution in [1.29, 1.82) is 0 Å². The van der Waals surface area contributed by atoms with Crippen LogP contribution in [0, 0.1) is 0 Å². The molecule has 5 heteroatoms. The number of piperidine rings is 1. The number of amides is 1. The van der Waals surface area contributed by atoms with Gasteiger partial charge in [-0.25, -0.2) is 4.79 Å². The van der Waals surface area contributed by atoms with Gasteiger partial charge in [0.05, 0.1) is 18.4 Å². The number of nitrogens with zero attached hydrogens (tertiary/aromatic N) is 1. The number of benzene rings is 1. The number of nitrogens with one attached hydrogen (secondary N) is 1. The van der Waals surface area contributed by atoms with E-state index in [1.807, 2.05) is 0 Å². The summed E-state index contributed by atoms with van der Waals surface area (Å²) >= 11 is 0. The van der Waals surface area contributed by atoms with E-state index in [9.17, 15) is 9.59 Å². The minimum absolute atomic E-state index is 0.0723. The summed E-state index contributed by atoms with van der Waals surface area (Å²) in [7, 11) is 1.33. The average Bonchev–Trinajstić information content (AvgIpc) is 2.54. The van der Waals surface area contributed by atoms with E-state index in [1.54, 1.807) is 24.3 Å². The van der Waals surface area contributed by atoms with E-state index in [-0.39, 0.29) is 5.91 Å². The minimum Gasteiger partial charge on any atom is -0.465 e. The first kappa shape index (κ1) is 15.5. The van der Waals surface area contributed by atoms with Crippen LogP contribution < -0.4 is 5.32 Å². The van der Waals surface area contributed by atoms with E-state index in [4.69, 9.17) is 4.74 Å². The molecule has 1 aliphatic heterocycles. The number of rotatable bonds is 5. The normalized spacial score (nSPS) is 15.5. The van der Waals surface area contributed by atoms with Gasteiger partial charge in [0.25, 0.3) is 0 Å². The quantitative estimate of drug-likeness (QED) is 0.845. The van der Waals surface area contributed by atoms with Gasteiger partial charge in [0, 0.05) is 13.0 Å². The third-order valence-corrected chi connectivity index (χ3v) is 3.71. The number of anilines is 1. The van der Waals surface area contributed by atoms with E-state index >= 15 is 0 Å². The Bertz CT molecular complexity index is 496. The number of carbonyl (C=O) groups excluding carboxylic acids is 2. The first-order chi connectivity index (χ1) is 10.2. The molecule has 1 N–H and O–H groups in total. The molecule has 114 valence electrons. The lowest BCUT2D eigenvalue weighted by atomic mass is 10.1. The van der Waals surface area contributed by atoms with E-state index in [1.165, 1.54) is 26.4 Å². The van der Waals surface area contributed by atoms with E-state index < -0.39 is 5.97 Å². The third kappa shape index (κ3) is 4.56. The predicted octanol–water partition coefficient (Wildman–Crippen LogP) is 2.29. The Labute approximate surface area is 125 Å². The van der Waals surface area contributed by atoms with Crippen LogP contribution in [0.5, 0.6) is 0 Å². The van der Waals surface area contributed by atoms with Crippen LogP contribution in [0.2, 0.25) is 0 Å². The molecule has 1 fully saturated rings. The fraction of sp³-hybridized carbons (Fsp3) is 0.500. The Balaban J connectivity index is 1.88. The summed E-state index contributed by atoms with van der Waals surface area (Å²) in [6, 6.07) is 6.89. The molecule has 0 saturated carbocycles. The number of likely N-dealkylation sites (tertiary alicyclic amines) is 1. The Morgan fingerprint density at radius 2 is 1.90 bits per heavy atom. The van der Waals surface area contributed by atoms with Gasteiger partial charge in [0.2, 0.25) is 5.91 Å². The Morgan fingerprint density at radius 3 is 2.62 bits per heavy atom. The zero-order valence-corrected chi connectivity index (χ0v) is 12.4. The number of para-hydroxylation sites is 1. The number of hydrogen-bond acceptors (Lipinski definition) is 4. The van der Waals surface area contributed by atoms with Gasteiger partial charge >= 0.3 is 5.97 Å². The lowest BCUT2D eigenvalue weighted by molar-refractivity contribution is -0.116. The van der Waals surface area contributed by atoms with Gasteiger partial charge in [0.15, 0.2) is 0 Å². The van der Waals surface area contributed by atoms with Crippen LogP contribution >= 0.6 is 0 Å². The summed E-state index contributed by atoms with van der Waals surface area (Å²) in [4.78, 5) is 26.0. The van der Waals surface area contributed by atoms with E-state index in [0.717, 1.165) is 19.6 Å². The molecular weight excluding hydrogens is 268 g/mol. The first-order valence-corrected chi connectivity index (χ1v) is 7.40. The van der Waals surface area contributed by atoms with Gasteiger partial charge in [-0.15, -0.1) is 0 Å². The molecule has 1 aromatic carbocycles. The summed E-state index contributed by atoms with van der Waals surface area (Å²) in [5.41, 5.74) is 0.888. The Morgan fingerprint density at radius 1 is 1.19 bits per heavy atom. The minimum atomic E-state index is -0.443. The Hall–Kier alpha value is -1.88. The fourth-order valence-electron chi connectivity index (χ4n) is 2.54. The summed E-state index contributed by atoms with van der Waals surface area (Å²) in [6.07, 6.45) is 4.16. The van der Waals surface area contributed by atoms with Crippen LogP contribution in [0.1, 0.15) is 36.0 Å². The summed E-state index contributed by atoms with van der Waals surface area (Å²) < 4.78 is 4.72. The maximum Gasteiger partial charge on any atom is 0.339 e. The number of ether oxygens (including phenoxy) is 1. The molecule has 0 unspecified atom stereocenters. The highest BCUT2D eigenvalue weighted by Crippen LogP contribution is 2.16. The lowest BCUT2D eigenvalue weighted by Gasteiger charge is -2.26. The van der Waals surface area contributed by atoms with Crippen molar-refractivity contribution in [2.75, 3.05) is 32.1 Å². The number of esters is 1. The number of methoxy groups -OCH3 is 1. The highest BCUT2D eigenvalue weighted by molar-refractivity contribution is 6.01.